The van der Waals surface area contributed by atoms with Crippen LogP contribution in [0.2, 0.25) is 0 Å². The zero-order valence-corrected chi connectivity index (χ0v) is 18.5. The SMILES string of the molecule is Cc1ccc2nc(N(Cc3ccc(F)c(C(F)(F)F)c3)S(=O)(=O)c3ccccc3)c(C)n2c1. The van der Waals surface area contributed by atoms with Gasteiger partial charge >= 0.3 is 6.18 Å². The first-order valence-electron chi connectivity index (χ1n) is 9.87. The minimum Gasteiger partial charge on any atom is -0.302 e. The van der Waals surface area contributed by atoms with Crippen LogP contribution in [0, 0.1) is 19.7 Å². The molecule has 4 aromatic rings. The number of alkyl halides is 3. The van der Waals surface area contributed by atoms with Crippen molar-refractivity contribution < 1.29 is 26.0 Å². The van der Waals surface area contributed by atoms with E-state index in [0.29, 0.717) is 23.5 Å². The lowest BCUT2D eigenvalue weighted by Crippen LogP contribution is -2.31. The Morgan fingerprint density at radius 2 is 1.70 bits per heavy atom. The van der Waals surface area contributed by atoms with Crippen molar-refractivity contribution in [3.8, 4) is 0 Å². The minimum absolute atomic E-state index is 0.0316. The summed E-state index contributed by atoms with van der Waals surface area (Å²) in [5, 5.41) is 0. The van der Waals surface area contributed by atoms with Crippen molar-refractivity contribution in [2.45, 2.75) is 31.5 Å². The third-order valence-corrected chi connectivity index (χ3v) is 6.96. The number of aromatic nitrogens is 2. The molecule has 10 heteroatoms. The van der Waals surface area contributed by atoms with Gasteiger partial charge in [-0.25, -0.2) is 22.1 Å². The summed E-state index contributed by atoms with van der Waals surface area (Å²) >= 11 is 0. The number of rotatable bonds is 5. The number of halogens is 4. The number of imidazole rings is 1. The fourth-order valence-corrected chi connectivity index (χ4v) is 5.01. The lowest BCUT2D eigenvalue weighted by Gasteiger charge is -2.24. The maximum Gasteiger partial charge on any atom is 0.419 e. The monoisotopic (exact) mass is 477 g/mol. The lowest BCUT2D eigenvalue weighted by atomic mass is 10.1. The molecule has 2 aromatic carbocycles. The first kappa shape index (κ1) is 22.8. The first-order valence-corrected chi connectivity index (χ1v) is 11.3. The Bertz CT molecular complexity index is 1430. The van der Waals surface area contributed by atoms with Crippen molar-refractivity contribution in [1.82, 2.24) is 9.38 Å². The summed E-state index contributed by atoms with van der Waals surface area (Å²) in [7, 11) is -4.21. The van der Waals surface area contributed by atoms with Crippen molar-refractivity contribution in [3.05, 3.63) is 95.1 Å². The van der Waals surface area contributed by atoms with Crippen LogP contribution in [0.5, 0.6) is 0 Å². The van der Waals surface area contributed by atoms with E-state index in [9.17, 15) is 26.0 Å². The van der Waals surface area contributed by atoms with Gasteiger partial charge in [0.2, 0.25) is 0 Å². The normalized spacial score (nSPS) is 12.3. The molecule has 4 rings (SSSR count). The van der Waals surface area contributed by atoms with Gasteiger partial charge in [-0.15, -0.1) is 0 Å². The quantitative estimate of drug-likeness (QED) is 0.357. The molecule has 0 unspecified atom stereocenters. The van der Waals surface area contributed by atoms with E-state index in [1.54, 1.807) is 41.8 Å². The number of sulfonamides is 1. The van der Waals surface area contributed by atoms with Crippen molar-refractivity contribution >= 4 is 21.5 Å². The third kappa shape index (κ3) is 4.30. The Hall–Kier alpha value is -3.40. The molecule has 0 saturated heterocycles. The summed E-state index contributed by atoms with van der Waals surface area (Å²) in [4.78, 5) is 4.40. The Morgan fingerprint density at radius 3 is 2.36 bits per heavy atom. The van der Waals surface area contributed by atoms with E-state index >= 15 is 0 Å². The molecule has 0 radical (unpaired) electrons. The van der Waals surface area contributed by atoms with Crippen LogP contribution in [0.1, 0.15) is 22.4 Å². The van der Waals surface area contributed by atoms with Crippen LogP contribution in [0.15, 0.2) is 71.8 Å². The summed E-state index contributed by atoms with van der Waals surface area (Å²) in [6.07, 6.45) is -3.13. The zero-order chi connectivity index (χ0) is 24.0. The molecular formula is C23H19F4N3O2S. The van der Waals surface area contributed by atoms with Crippen LogP contribution < -0.4 is 4.31 Å². The highest BCUT2D eigenvalue weighted by Gasteiger charge is 2.35. The zero-order valence-electron chi connectivity index (χ0n) is 17.6. The largest absolute Gasteiger partial charge is 0.419 e. The van der Waals surface area contributed by atoms with Gasteiger partial charge in [0.1, 0.15) is 11.5 Å². The van der Waals surface area contributed by atoms with Gasteiger partial charge in [-0.1, -0.05) is 30.3 Å². The van der Waals surface area contributed by atoms with Crippen molar-refractivity contribution in [2.75, 3.05) is 4.31 Å². The molecule has 0 spiro atoms. The topological polar surface area (TPSA) is 54.7 Å². The van der Waals surface area contributed by atoms with Gasteiger partial charge in [0.05, 0.1) is 22.7 Å². The molecule has 2 heterocycles. The molecule has 2 aromatic heterocycles. The highest BCUT2D eigenvalue weighted by molar-refractivity contribution is 7.92. The Balaban J connectivity index is 1.89. The van der Waals surface area contributed by atoms with Crippen molar-refractivity contribution in [2.24, 2.45) is 0 Å². The van der Waals surface area contributed by atoms with E-state index in [1.165, 1.54) is 12.1 Å². The molecule has 0 amide bonds. The highest BCUT2D eigenvalue weighted by Crippen LogP contribution is 2.34. The summed E-state index contributed by atoms with van der Waals surface area (Å²) < 4.78 is 83.3. The van der Waals surface area contributed by atoms with E-state index < -0.39 is 34.1 Å². The van der Waals surface area contributed by atoms with Gasteiger partial charge in [0, 0.05) is 6.20 Å². The summed E-state index contributed by atoms with van der Waals surface area (Å²) in [5.41, 5.74) is 0.401. The third-order valence-electron chi connectivity index (χ3n) is 5.21. The predicted molar refractivity (Wildman–Crippen MR) is 116 cm³/mol. The smallest absolute Gasteiger partial charge is 0.302 e. The molecular weight excluding hydrogens is 458 g/mol. The van der Waals surface area contributed by atoms with Crippen LogP contribution in [-0.2, 0) is 22.7 Å². The molecule has 0 N–H and O–H groups in total. The maximum absolute atomic E-state index is 13.8. The number of hydrogen-bond acceptors (Lipinski definition) is 3. The van der Waals surface area contributed by atoms with Crippen LogP contribution >= 0.6 is 0 Å². The lowest BCUT2D eigenvalue weighted by molar-refractivity contribution is -0.140. The number of benzene rings is 2. The fraction of sp³-hybridized carbons (Fsp3) is 0.174. The number of aryl methyl sites for hydroxylation is 2. The Labute approximate surface area is 188 Å². The van der Waals surface area contributed by atoms with Crippen LogP contribution in [-0.4, -0.2) is 17.8 Å². The van der Waals surface area contributed by atoms with Gasteiger partial charge in [-0.05, 0) is 55.3 Å². The van der Waals surface area contributed by atoms with Gasteiger partial charge in [-0.3, -0.25) is 0 Å². The van der Waals surface area contributed by atoms with E-state index in [0.717, 1.165) is 15.9 Å². The molecule has 5 nitrogen and oxygen atoms in total. The molecule has 33 heavy (non-hydrogen) atoms. The number of hydrogen-bond donors (Lipinski definition) is 0. The molecule has 0 aliphatic carbocycles. The van der Waals surface area contributed by atoms with Crippen LogP contribution in [0.25, 0.3) is 5.65 Å². The second-order valence-electron chi connectivity index (χ2n) is 7.59. The highest BCUT2D eigenvalue weighted by atomic mass is 32.2. The van der Waals surface area contributed by atoms with Crippen LogP contribution in [0.4, 0.5) is 23.4 Å². The average Bonchev–Trinajstić information content (AvgIpc) is 3.08. The van der Waals surface area contributed by atoms with E-state index in [2.05, 4.69) is 4.98 Å². The molecule has 0 fully saturated rings. The van der Waals surface area contributed by atoms with Crippen molar-refractivity contribution in [1.29, 1.82) is 0 Å². The number of fused-ring (bicyclic) bond motifs is 1. The standard InChI is InChI=1S/C23H19F4N3O2S/c1-15-8-11-21-28-22(16(2)29(21)13-15)30(33(31,32)18-6-4-3-5-7-18)14-17-9-10-20(24)19(12-17)23(25,26)27/h3-13H,14H2,1-2H3. The Kier molecular flexibility index (Phi) is 5.65. The molecule has 0 atom stereocenters. The second kappa shape index (κ2) is 8.18. The second-order valence-corrected chi connectivity index (χ2v) is 9.45. The first-order chi connectivity index (χ1) is 15.5. The molecule has 0 aliphatic rings. The minimum atomic E-state index is -4.92. The number of pyridine rings is 1. The fourth-order valence-electron chi connectivity index (χ4n) is 3.54. The van der Waals surface area contributed by atoms with Gasteiger partial charge in [0.15, 0.2) is 5.82 Å². The van der Waals surface area contributed by atoms with E-state index in [1.807, 2.05) is 13.0 Å². The molecule has 172 valence electrons. The number of nitrogens with zero attached hydrogens (tertiary/aromatic N) is 3. The summed E-state index contributed by atoms with van der Waals surface area (Å²) in [5.74, 6) is -1.36. The Morgan fingerprint density at radius 1 is 1.00 bits per heavy atom. The van der Waals surface area contributed by atoms with Gasteiger partial charge in [0.25, 0.3) is 10.0 Å². The van der Waals surface area contributed by atoms with E-state index in [-0.39, 0.29) is 16.3 Å². The summed E-state index contributed by atoms with van der Waals surface area (Å²) in [6, 6.07) is 13.5. The molecule has 0 bridgehead atoms. The summed E-state index contributed by atoms with van der Waals surface area (Å²) in [6.45, 7) is 3.08. The van der Waals surface area contributed by atoms with Crippen molar-refractivity contribution in [3.63, 3.8) is 0 Å². The van der Waals surface area contributed by atoms with Gasteiger partial charge < -0.3 is 4.40 Å². The van der Waals surface area contributed by atoms with Crippen LogP contribution in [0.3, 0.4) is 0 Å². The number of anilines is 1. The van der Waals surface area contributed by atoms with E-state index in [4.69, 9.17) is 0 Å². The predicted octanol–water partition coefficient (Wildman–Crippen LogP) is 5.50. The average molecular weight is 477 g/mol. The van der Waals surface area contributed by atoms with Gasteiger partial charge in [-0.2, -0.15) is 13.2 Å². The molecule has 0 saturated carbocycles. The maximum atomic E-state index is 13.8. The molecule has 0 aliphatic heterocycles.